The molecule has 0 bridgehead atoms. The van der Waals surface area contributed by atoms with Crippen molar-refractivity contribution >= 4 is 35.0 Å². The van der Waals surface area contributed by atoms with Gasteiger partial charge in [-0.25, -0.2) is 0 Å². The van der Waals surface area contributed by atoms with Gasteiger partial charge in [0, 0.05) is 50.8 Å². The van der Waals surface area contributed by atoms with Gasteiger partial charge in [-0.1, -0.05) is 86.5 Å². The molecule has 3 aromatic rings. The lowest BCUT2D eigenvalue weighted by Gasteiger charge is -2.24. The normalized spacial score (nSPS) is 16.1. The van der Waals surface area contributed by atoms with Crippen molar-refractivity contribution < 1.29 is 0 Å². The summed E-state index contributed by atoms with van der Waals surface area (Å²) in [5, 5.41) is 6.81. The van der Waals surface area contributed by atoms with Crippen LogP contribution in [0.3, 0.4) is 0 Å². The standard InChI is InChI=1S/C38H43N5/c1-6-18-37-31(8-3)28(5)19-17-26-43(37)30(7-2)21-11-10-16-25-40-38(39)42-35-23-14-12-20-29(35)27-33-32-22-13-15-24-36(32)41-34(33)9-4/h6-9,12-15,17-18,20-27,38,41-42H,2-3,5,10-11,16,19,39H2,1,4H3/b18-6-,30-21+,33-27-,34-9+,40-25-. The van der Waals surface area contributed by atoms with E-state index in [1.165, 1.54) is 5.39 Å². The molecule has 0 saturated heterocycles. The fourth-order valence-electron chi connectivity index (χ4n) is 5.20. The second-order valence-electron chi connectivity index (χ2n) is 10.3. The number of nitrogens with two attached hydrogens (primary N) is 1. The number of aliphatic imine (C=N–C) groups is 1. The molecular formula is C38H43N5. The van der Waals surface area contributed by atoms with Crippen LogP contribution in [0, 0.1) is 0 Å². The first kappa shape index (κ1) is 31.1. The molecule has 1 aliphatic heterocycles. The van der Waals surface area contributed by atoms with Gasteiger partial charge < -0.3 is 15.2 Å². The van der Waals surface area contributed by atoms with Crippen molar-refractivity contribution in [2.75, 3.05) is 5.32 Å². The van der Waals surface area contributed by atoms with Gasteiger partial charge in [0.1, 0.15) is 0 Å². The molecule has 0 aliphatic carbocycles. The number of H-pyrrole nitrogens is 1. The third-order valence-corrected chi connectivity index (χ3v) is 7.34. The van der Waals surface area contributed by atoms with Gasteiger partial charge in [0.2, 0.25) is 0 Å². The van der Waals surface area contributed by atoms with Crippen LogP contribution in [0.4, 0.5) is 5.69 Å². The summed E-state index contributed by atoms with van der Waals surface area (Å²) < 4.78 is 0. The lowest BCUT2D eigenvalue weighted by atomic mass is 10.0. The van der Waals surface area contributed by atoms with Crippen molar-refractivity contribution in [1.29, 1.82) is 0 Å². The molecule has 5 nitrogen and oxygen atoms in total. The second kappa shape index (κ2) is 15.4. The lowest BCUT2D eigenvalue weighted by Crippen LogP contribution is -2.28. The Balaban J connectivity index is 1.40. The van der Waals surface area contributed by atoms with Gasteiger partial charge in [-0.05, 0) is 81.0 Å². The van der Waals surface area contributed by atoms with Gasteiger partial charge >= 0.3 is 0 Å². The largest absolute Gasteiger partial charge is 0.355 e. The van der Waals surface area contributed by atoms with E-state index in [1.54, 1.807) is 0 Å². The molecule has 1 aliphatic rings. The molecule has 1 unspecified atom stereocenters. The van der Waals surface area contributed by atoms with Crippen LogP contribution in [0.2, 0.25) is 0 Å². The molecule has 0 radical (unpaired) electrons. The first-order chi connectivity index (χ1) is 21.0. The van der Waals surface area contributed by atoms with E-state index in [-0.39, 0.29) is 0 Å². The molecule has 1 atom stereocenters. The van der Waals surface area contributed by atoms with Crippen LogP contribution in [-0.2, 0) is 0 Å². The van der Waals surface area contributed by atoms with E-state index in [2.05, 4.69) is 101 Å². The Labute approximate surface area is 255 Å². The molecule has 220 valence electrons. The van der Waals surface area contributed by atoms with E-state index in [1.807, 2.05) is 62.6 Å². The van der Waals surface area contributed by atoms with Gasteiger partial charge in [-0.15, -0.1) is 0 Å². The molecule has 0 fully saturated rings. The highest BCUT2D eigenvalue weighted by Crippen LogP contribution is 2.29. The molecule has 4 rings (SSSR count). The fourth-order valence-corrected chi connectivity index (χ4v) is 5.20. The molecule has 43 heavy (non-hydrogen) atoms. The Morgan fingerprint density at radius 2 is 1.91 bits per heavy atom. The topological polar surface area (TPSA) is 69.4 Å². The third kappa shape index (κ3) is 7.70. The third-order valence-electron chi connectivity index (χ3n) is 7.34. The van der Waals surface area contributed by atoms with E-state index in [0.29, 0.717) is 0 Å². The monoisotopic (exact) mass is 569 g/mol. The first-order valence-corrected chi connectivity index (χ1v) is 14.8. The maximum absolute atomic E-state index is 6.37. The van der Waals surface area contributed by atoms with Crippen molar-refractivity contribution in [3.8, 4) is 0 Å². The summed E-state index contributed by atoms with van der Waals surface area (Å²) in [6.45, 7) is 16.4. The maximum Gasteiger partial charge on any atom is 0.170 e. The summed E-state index contributed by atoms with van der Waals surface area (Å²) in [5.41, 5.74) is 13.7. The van der Waals surface area contributed by atoms with E-state index in [9.17, 15) is 0 Å². The summed E-state index contributed by atoms with van der Waals surface area (Å²) in [6, 6.07) is 16.5. The van der Waals surface area contributed by atoms with Crippen LogP contribution in [0.25, 0.3) is 23.1 Å². The summed E-state index contributed by atoms with van der Waals surface area (Å²) in [6.07, 6.45) is 23.4. The highest BCUT2D eigenvalue weighted by molar-refractivity contribution is 5.83. The van der Waals surface area contributed by atoms with E-state index in [4.69, 9.17) is 5.73 Å². The number of fused-ring (bicyclic) bond motifs is 1. The minimum atomic E-state index is -0.546. The smallest absolute Gasteiger partial charge is 0.170 e. The number of nitrogens with one attached hydrogen (secondary N) is 2. The zero-order valence-electron chi connectivity index (χ0n) is 25.4. The number of rotatable bonds is 12. The number of benzene rings is 2. The average molecular weight is 570 g/mol. The van der Waals surface area contributed by atoms with Crippen LogP contribution in [0.1, 0.15) is 45.1 Å². The quantitative estimate of drug-likeness (QED) is 0.0913. The zero-order chi connectivity index (χ0) is 30.6. The van der Waals surface area contributed by atoms with Crippen molar-refractivity contribution in [1.82, 2.24) is 9.88 Å². The number of unbranched alkanes of at least 4 members (excludes halogenated alkanes) is 2. The Morgan fingerprint density at radius 1 is 1.12 bits per heavy atom. The van der Waals surface area contributed by atoms with Gasteiger partial charge in [-0.3, -0.25) is 10.7 Å². The number of allylic oxidation sites excluding steroid dienone is 8. The van der Waals surface area contributed by atoms with Gasteiger partial charge in [0.05, 0.1) is 5.70 Å². The number of anilines is 1. The molecule has 0 spiro atoms. The summed E-state index contributed by atoms with van der Waals surface area (Å²) in [4.78, 5) is 10.2. The van der Waals surface area contributed by atoms with Crippen LogP contribution >= 0.6 is 0 Å². The molecule has 0 saturated carbocycles. The molecule has 1 aromatic heterocycles. The molecule has 4 N–H and O–H groups in total. The van der Waals surface area contributed by atoms with E-state index in [0.717, 1.165) is 75.6 Å². The number of hydrogen-bond donors (Lipinski definition) is 3. The fraction of sp³-hybridized carbons (Fsp3) is 0.184. The Bertz CT molecular complexity index is 1740. The number of para-hydroxylation sites is 2. The number of aromatic nitrogens is 1. The summed E-state index contributed by atoms with van der Waals surface area (Å²) >= 11 is 0. The summed E-state index contributed by atoms with van der Waals surface area (Å²) in [7, 11) is 0. The number of hydrogen-bond acceptors (Lipinski definition) is 4. The first-order valence-electron chi connectivity index (χ1n) is 14.8. The average Bonchev–Trinajstić information content (AvgIpc) is 3.29. The van der Waals surface area contributed by atoms with Crippen LogP contribution in [-0.4, -0.2) is 22.4 Å². The Morgan fingerprint density at radius 3 is 2.67 bits per heavy atom. The molecule has 5 heteroatoms. The van der Waals surface area contributed by atoms with E-state index >= 15 is 0 Å². The van der Waals surface area contributed by atoms with Crippen LogP contribution in [0.15, 0.2) is 138 Å². The van der Waals surface area contributed by atoms with Crippen molar-refractivity contribution in [3.05, 3.63) is 150 Å². The zero-order valence-corrected chi connectivity index (χ0v) is 25.4. The predicted octanol–water partition coefficient (Wildman–Crippen LogP) is 7.55. The van der Waals surface area contributed by atoms with Gasteiger partial charge in [0.25, 0.3) is 0 Å². The highest BCUT2D eigenvalue weighted by atomic mass is 15.2. The maximum atomic E-state index is 6.37. The number of aromatic amines is 1. The predicted molar refractivity (Wildman–Crippen MR) is 187 cm³/mol. The second-order valence-corrected chi connectivity index (χ2v) is 10.3. The Hall–Kier alpha value is -4.87. The van der Waals surface area contributed by atoms with Crippen molar-refractivity contribution in [2.45, 2.75) is 45.8 Å². The van der Waals surface area contributed by atoms with Gasteiger partial charge in [-0.2, -0.15) is 0 Å². The minimum absolute atomic E-state index is 0.546. The molecule has 2 heterocycles. The molecule has 2 aromatic carbocycles. The molecule has 0 amide bonds. The Kier molecular flexibility index (Phi) is 11.1. The SMILES string of the molecule is C=CC1=C(/C=C\C)N(/C(C=C)=C/CCC/C=N\C(N)Nc2ccccc2/C=c2\c(=C/C)[nH]c3ccccc23)C=CCC1=C. The van der Waals surface area contributed by atoms with E-state index < -0.39 is 6.29 Å². The number of nitrogens with zero attached hydrogens (tertiary/aromatic N) is 2. The summed E-state index contributed by atoms with van der Waals surface area (Å²) in [5.74, 6) is 0. The minimum Gasteiger partial charge on any atom is -0.355 e. The van der Waals surface area contributed by atoms with Crippen LogP contribution < -0.4 is 21.6 Å². The van der Waals surface area contributed by atoms with Crippen LogP contribution in [0.5, 0.6) is 0 Å². The van der Waals surface area contributed by atoms with Gasteiger partial charge in [0.15, 0.2) is 6.29 Å². The van der Waals surface area contributed by atoms with Crippen molar-refractivity contribution in [3.63, 3.8) is 0 Å². The van der Waals surface area contributed by atoms with Crippen molar-refractivity contribution in [2.24, 2.45) is 10.7 Å². The lowest BCUT2D eigenvalue weighted by molar-refractivity contribution is 0.605. The molecular weight excluding hydrogens is 526 g/mol. The highest BCUT2D eigenvalue weighted by Gasteiger charge is 2.16.